The van der Waals surface area contributed by atoms with Crippen LogP contribution in [0.15, 0.2) is 18.6 Å². The van der Waals surface area contributed by atoms with E-state index in [1.54, 1.807) is 17.1 Å². The molecule has 7 nitrogen and oxygen atoms in total. The van der Waals surface area contributed by atoms with Gasteiger partial charge in [-0.05, 0) is 5.92 Å². The number of hydrogen-bond donors (Lipinski definition) is 2. The summed E-state index contributed by atoms with van der Waals surface area (Å²) < 4.78 is 1.73. The first kappa shape index (κ1) is 14.7. The highest BCUT2D eigenvalue weighted by Crippen LogP contribution is 2.41. The summed E-state index contributed by atoms with van der Waals surface area (Å²) in [7, 11) is 1.87. The van der Waals surface area contributed by atoms with E-state index in [0.29, 0.717) is 22.3 Å². The lowest BCUT2D eigenvalue weighted by Gasteiger charge is -2.23. The van der Waals surface area contributed by atoms with Gasteiger partial charge in [-0.3, -0.25) is 4.68 Å². The van der Waals surface area contributed by atoms with Crippen molar-refractivity contribution in [2.45, 2.75) is 6.92 Å². The van der Waals surface area contributed by atoms with E-state index in [0.717, 1.165) is 37.7 Å². The fraction of sp³-hybridized carbons (Fsp3) is 0.533. The van der Waals surface area contributed by atoms with Crippen LogP contribution in [0.3, 0.4) is 0 Å². The number of nitrogens with one attached hydrogen (secondary N) is 2. The van der Waals surface area contributed by atoms with Crippen LogP contribution in [-0.2, 0) is 7.05 Å². The van der Waals surface area contributed by atoms with Gasteiger partial charge < -0.3 is 15.5 Å². The summed E-state index contributed by atoms with van der Waals surface area (Å²) in [6.07, 6.45) is 5.28. The number of rotatable bonds is 3. The van der Waals surface area contributed by atoms with Crippen molar-refractivity contribution in [3.05, 3.63) is 23.6 Å². The van der Waals surface area contributed by atoms with E-state index in [-0.39, 0.29) is 0 Å². The Bertz CT molecular complexity index is 730. The van der Waals surface area contributed by atoms with Gasteiger partial charge in [-0.25, -0.2) is 4.98 Å². The third kappa shape index (κ3) is 2.64. The fourth-order valence-corrected chi connectivity index (χ4v) is 3.79. The van der Waals surface area contributed by atoms with Crippen LogP contribution in [0.5, 0.6) is 0 Å². The molecule has 4 heterocycles. The standard InChI is InChI=1S/C15H20ClN7/c1-15-8-17-3-10(15)6-23(9-15)13-12(16)5-18-14(21-13)20-11-4-19-22(2)7-11/h4-5,7,10,17H,3,6,8-9H2,1-2H3,(H,18,20,21). The van der Waals surface area contributed by atoms with Crippen molar-refractivity contribution in [2.75, 3.05) is 36.4 Å². The molecule has 0 amide bonds. The molecule has 0 radical (unpaired) electrons. The van der Waals surface area contributed by atoms with Crippen molar-refractivity contribution in [3.63, 3.8) is 0 Å². The highest BCUT2D eigenvalue weighted by atomic mass is 35.5. The van der Waals surface area contributed by atoms with E-state index >= 15 is 0 Å². The molecule has 23 heavy (non-hydrogen) atoms. The summed E-state index contributed by atoms with van der Waals surface area (Å²) >= 11 is 6.36. The topological polar surface area (TPSA) is 70.9 Å². The molecule has 4 rings (SSSR count). The van der Waals surface area contributed by atoms with Gasteiger partial charge in [0.15, 0.2) is 5.82 Å². The van der Waals surface area contributed by atoms with Gasteiger partial charge in [0.1, 0.15) is 5.02 Å². The van der Waals surface area contributed by atoms with Crippen LogP contribution in [0.2, 0.25) is 5.02 Å². The summed E-state index contributed by atoms with van der Waals surface area (Å²) in [6, 6.07) is 0. The molecule has 0 aromatic carbocycles. The molecular formula is C15H20ClN7. The van der Waals surface area contributed by atoms with Gasteiger partial charge in [0, 0.05) is 44.8 Å². The van der Waals surface area contributed by atoms with Crippen LogP contribution in [0, 0.1) is 11.3 Å². The quantitative estimate of drug-likeness (QED) is 0.890. The predicted octanol–water partition coefficient (Wildman–Crippen LogP) is 1.65. The molecule has 2 saturated heterocycles. The summed E-state index contributed by atoms with van der Waals surface area (Å²) in [5.41, 5.74) is 1.15. The molecule has 2 aromatic heterocycles. The Morgan fingerprint density at radius 3 is 3.04 bits per heavy atom. The molecule has 0 bridgehead atoms. The van der Waals surface area contributed by atoms with Gasteiger partial charge in [0.2, 0.25) is 5.95 Å². The molecule has 0 aliphatic carbocycles. The SMILES string of the molecule is Cn1cc(Nc2ncc(Cl)c(N3CC4CNCC4(C)C3)n2)cn1. The Balaban J connectivity index is 1.58. The smallest absolute Gasteiger partial charge is 0.229 e. The normalized spacial score (nSPS) is 26.6. The number of fused-ring (bicyclic) bond motifs is 1. The molecule has 8 heteroatoms. The monoisotopic (exact) mass is 333 g/mol. The number of aromatic nitrogens is 4. The highest BCUT2D eigenvalue weighted by Gasteiger charge is 2.46. The molecule has 0 spiro atoms. The average molecular weight is 334 g/mol. The first-order chi connectivity index (χ1) is 11.0. The minimum absolute atomic E-state index is 0.297. The van der Waals surface area contributed by atoms with E-state index in [1.165, 1.54) is 0 Å². The third-order valence-corrected chi connectivity index (χ3v) is 5.15. The Labute approximate surface area is 140 Å². The van der Waals surface area contributed by atoms with Gasteiger partial charge in [0.25, 0.3) is 0 Å². The lowest BCUT2D eigenvalue weighted by atomic mass is 9.83. The van der Waals surface area contributed by atoms with Gasteiger partial charge in [-0.1, -0.05) is 18.5 Å². The largest absolute Gasteiger partial charge is 0.354 e. The van der Waals surface area contributed by atoms with Gasteiger partial charge in [-0.2, -0.15) is 10.1 Å². The summed E-state index contributed by atoms with van der Waals surface area (Å²) in [4.78, 5) is 11.2. The Hall–Kier alpha value is -1.86. The Kier molecular flexibility index (Phi) is 3.42. The molecular weight excluding hydrogens is 314 g/mol. The van der Waals surface area contributed by atoms with E-state index in [4.69, 9.17) is 11.6 Å². The minimum Gasteiger partial charge on any atom is -0.354 e. The number of halogens is 1. The van der Waals surface area contributed by atoms with Crippen molar-refractivity contribution in [1.82, 2.24) is 25.1 Å². The lowest BCUT2D eigenvalue weighted by Crippen LogP contribution is -2.30. The molecule has 2 atom stereocenters. The summed E-state index contributed by atoms with van der Waals surface area (Å²) in [6.45, 7) is 6.40. The van der Waals surface area contributed by atoms with Crippen LogP contribution in [0.25, 0.3) is 0 Å². The second-order valence-electron chi connectivity index (χ2n) is 6.76. The third-order valence-electron chi connectivity index (χ3n) is 4.88. The van der Waals surface area contributed by atoms with Crippen LogP contribution >= 0.6 is 11.6 Å². The molecule has 2 aromatic rings. The second kappa shape index (κ2) is 5.35. The van der Waals surface area contributed by atoms with Gasteiger partial charge in [-0.15, -0.1) is 0 Å². The molecule has 2 fully saturated rings. The zero-order valence-corrected chi connectivity index (χ0v) is 14.0. The van der Waals surface area contributed by atoms with E-state index in [1.807, 2.05) is 13.2 Å². The van der Waals surface area contributed by atoms with Crippen molar-refractivity contribution in [3.8, 4) is 0 Å². The maximum Gasteiger partial charge on any atom is 0.229 e. The van der Waals surface area contributed by atoms with Crippen LogP contribution in [0.4, 0.5) is 17.5 Å². The maximum absolute atomic E-state index is 6.36. The van der Waals surface area contributed by atoms with E-state index in [2.05, 4.69) is 37.5 Å². The highest BCUT2D eigenvalue weighted by molar-refractivity contribution is 6.32. The van der Waals surface area contributed by atoms with Crippen LogP contribution in [-0.4, -0.2) is 45.9 Å². The zero-order chi connectivity index (χ0) is 16.0. The Morgan fingerprint density at radius 2 is 2.30 bits per heavy atom. The maximum atomic E-state index is 6.36. The minimum atomic E-state index is 0.297. The van der Waals surface area contributed by atoms with E-state index < -0.39 is 0 Å². The number of aryl methyl sites for hydroxylation is 1. The van der Waals surface area contributed by atoms with Crippen LogP contribution in [0.1, 0.15) is 6.92 Å². The summed E-state index contributed by atoms with van der Waals surface area (Å²) in [5, 5.41) is 11.4. The zero-order valence-electron chi connectivity index (χ0n) is 13.3. The average Bonchev–Trinajstić information content (AvgIpc) is 3.14. The fourth-order valence-electron chi connectivity index (χ4n) is 3.58. The van der Waals surface area contributed by atoms with Gasteiger partial charge >= 0.3 is 0 Å². The second-order valence-corrected chi connectivity index (χ2v) is 7.16. The predicted molar refractivity (Wildman–Crippen MR) is 90.2 cm³/mol. The molecule has 122 valence electrons. The lowest BCUT2D eigenvalue weighted by molar-refractivity contribution is 0.338. The molecule has 2 aliphatic heterocycles. The number of nitrogens with zero attached hydrogens (tertiary/aromatic N) is 5. The molecule has 2 aliphatic rings. The van der Waals surface area contributed by atoms with Crippen molar-refractivity contribution < 1.29 is 0 Å². The molecule has 0 saturated carbocycles. The van der Waals surface area contributed by atoms with Crippen molar-refractivity contribution in [1.29, 1.82) is 0 Å². The number of anilines is 3. The molecule has 2 unspecified atom stereocenters. The Morgan fingerprint density at radius 1 is 1.43 bits per heavy atom. The molecule has 2 N–H and O–H groups in total. The first-order valence-electron chi connectivity index (χ1n) is 7.77. The number of hydrogen-bond acceptors (Lipinski definition) is 6. The first-order valence-corrected chi connectivity index (χ1v) is 8.15. The van der Waals surface area contributed by atoms with Gasteiger partial charge in [0.05, 0.1) is 18.1 Å². The van der Waals surface area contributed by atoms with Crippen molar-refractivity contribution in [2.24, 2.45) is 18.4 Å². The van der Waals surface area contributed by atoms with Crippen molar-refractivity contribution >= 4 is 29.1 Å². The summed E-state index contributed by atoms with van der Waals surface area (Å²) in [5.74, 6) is 1.99. The van der Waals surface area contributed by atoms with Crippen LogP contribution < -0.4 is 15.5 Å². The van der Waals surface area contributed by atoms with E-state index in [9.17, 15) is 0 Å².